The lowest BCUT2D eigenvalue weighted by atomic mass is 10.2. The smallest absolute Gasteiger partial charge is 0.232 e. The molecule has 1 aliphatic rings. The summed E-state index contributed by atoms with van der Waals surface area (Å²) in [6, 6.07) is 5.38. The Labute approximate surface area is 130 Å². The molecule has 0 saturated heterocycles. The Morgan fingerprint density at radius 3 is 2.67 bits per heavy atom. The van der Waals surface area contributed by atoms with Gasteiger partial charge in [0, 0.05) is 24.0 Å². The molecule has 116 valence electrons. The Morgan fingerprint density at radius 2 is 2.10 bits per heavy atom. The fourth-order valence-electron chi connectivity index (χ4n) is 2.06. The molecule has 1 aromatic rings. The summed E-state index contributed by atoms with van der Waals surface area (Å²) in [7, 11) is -3.47. The van der Waals surface area contributed by atoms with Crippen LogP contribution in [0.3, 0.4) is 0 Å². The fourth-order valence-corrected chi connectivity index (χ4v) is 3.21. The average Bonchev–Trinajstić information content (AvgIpc) is 3.16. The van der Waals surface area contributed by atoms with Crippen LogP contribution in [0.1, 0.15) is 24.8 Å². The predicted molar refractivity (Wildman–Crippen MR) is 84.2 cm³/mol. The molecule has 0 unspecified atom stereocenters. The maximum Gasteiger partial charge on any atom is 0.232 e. The SMILES string of the molecule is Cc1c(Cl)cccc1N(CCC(=O)NC1CC1)S(C)(=O)=O. The number of hydrogen-bond acceptors (Lipinski definition) is 3. The molecule has 2 rings (SSSR count). The number of nitrogens with zero attached hydrogens (tertiary/aromatic N) is 1. The summed E-state index contributed by atoms with van der Waals surface area (Å²) in [6.45, 7) is 1.87. The van der Waals surface area contributed by atoms with Crippen LogP contribution in [0.15, 0.2) is 18.2 Å². The van der Waals surface area contributed by atoms with Gasteiger partial charge in [0.05, 0.1) is 11.9 Å². The zero-order chi connectivity index (χ0) is 15.6. The quantitative estimate of drug-likeness (QED) is 0.868. The van der Waals surface area contributed by atoms with Gasteiger partial charge in [-0.05, 0) is 37.5 Å². The monoisotopic (exact) mass is 330 g/mol. The van der Waals surface area contributed by atoms with E-state index in [0.717, 1.165) is 19.1 Å². The molecule has 21 heavy (non-hydrogen) atoms. The van der Waals surface area contributed by atoms with Gasteiger partial charge in [0.25, 0.3) is 0 Å². The van der Waals surface area contributed by atoms with Gasteiger partial charge in [-0.1, -0.05) is 17.7 Å². The minimum atomic E-state index is -3.47. The highest BCUT2D eigenvalue weighted by molar-refractivity contribution is 7.92. The lowest BCUT2D eigenvalue weighted by Crippen LogP contribution is -2.35. The van der Waals surface area contributed by atoms with Crippen molar-refractivity contribution in [3.05, 3.63) is 28.8 Å². The second-order valence-electron chi connectivity index (χ2n) is 5.31. The highest BCUT2D eigenvalue weighted by Gasteiger charge is 2.25. The summed E-state index contributed by atoms with van der Waals surface area (Å²) in [5, 5.41) is 3.35. The number of hydrogen-bond donors (Lipinski definition) is 1. The lowest BCUT2D eigenvalue weighted by molar-refractivity contribution is -0.121. The maximum absolute atomic E-state index is 12.0. The van der Waals surface area contributed by atoms with Gasteiger partial charge < -0.3 is 5.32 Å². The van der Waals surface area contributed by atoms with Crippen molar-refractivity contribution < 1.29 is 13.2 Å². The molecule has 1 fully saturated rings. The van der Waals surface area contributed by atoms with Gasteiger partial charge in [0.1, 0.15) is 0 Å². The molecule has 0 heterocycles. The number of benzene rings is 1. The first-order chi connectivity index (χ1) is 9.79. The van der Waals surface area contributed by atoms with E-state index >= 15 is 0 Å². The van der Waals surface area contributed by atoms with E-state index < -0.39 is 10.0 Å². The summed E-state index contributed by atoms with van der Waals surface area (Å²) < 4.78 is 25.2. The first-order valence-corrected chi connectivity index (χ1v) is 9.04. The third-order valence-electron chi connectivity index (χ3n) is 3.39. The summed E-state index contributed by atoms with van der Waals surface area (Å²) in [5.74, 6) is -0.120. The number of carbonyl (C=O) groups excluding carboxylic acids is 1. The number of sulfonamides is 1. The summed E-state index contributed by atoms with van der Waals surface area (Å²) in [5.41, 5.74) is 1.21. The number of amides is 1. The van der Waals surface area contributed by atoms with Gasteiger partial charge in [0.2, 0.25) is 15.9 Å². The maximum atomic E-state index is 12.0. The molecule has 0 bridgehead atoms. The van der Waals surface area contributed by atoms with Crippen molar-refractivity contribution in [1.82, 2.24) is 5.32 Å². The van der Waals surface area contributed by atoms with Crippen LogP contribution in [0.2, 0.25) is 5.02 Å². The van der Waals surface area contributed by atoms with Gasteiger partial charge in [-0.15, -0.1) is 0 Å². The molecule has 0 aromatic heterocycles. The molecule has 1 N–H and O–H groups in total. The number of rotatable bonds is 6. The summed E-state index contributed by atoms with van der Waals surface area (Å²) >= 11 is 6.05. The van der Waals surface area contributed by atoms with E-state index in [1.54, 1.807) is 25.1 Å². The molecule has 0 radical (unpaired) electrons. The average molecular weight is 331 g/mol. The molecule has 0 aliphatic heterocycles. The minimum Gasteiger partial charge on any atom is -0.353 e. The number of anilines is 1. The van der Waals surface area contributed by atoms with Gasteiger partial charge >= 0.3 is 0 Å². The molecule has 0 spiro atoms. The molecule has 0 atom stereocenters. The van der Waals surface area contributed by atoms with E-state index in [-0.39, 0.29) is 24.9 Å². The van der Waals surface area contributed by atoms with Crippen LogP contribution in [0.5, 0.6) is 0 Å². The van der Waals surface area contributed by atoms with Crippen molar-refractivity contribution >= 4 is 33.2 Å². The Hall–Kier alpha value is -1.27. The van der Waals surface area contributed by atoms with Crippen LogP contribution in [0, 0.1) is 6.92 Å². The zero-order valence-electron chi connectivity index (χ0n) is 12.1. The third-order valence-corrected chi connectivity index (χ3v) is 4.98. The molecule has 5 nitrogen and oxygen atoms in total. The van der Waals surface area contributed by atoms with Gasteiger partial charge in [-0.25, -0.2) is 8.42 Å². The van der Waals surface area contributed by atoms with Crippen LogP contribution in [0.25, 0.3) is 0 Å². The standard InChI is InChI=1S/C14H19ClN2O3S/c1-10-12(15)4-3-5-13(10)17(21(2,19)20)9-8-14(18)16-11-6-7-11/h3-5,11H,6-9H2,1-2H3,(H,16,18). The first-order valence-electron chi connectivity index (χ1n) is 6.81. The third kappa shape index (κ3) is 4.35. The Kier molecular flexibility index (Phi) is 4.78. The van der Waals surface area contributed by atoms with Crippen molar-refractivity contribution in [2.75, 3.05) is 17.1 Å². The van der Waals surface area contributed by atoms with Gasteiger partial charge in [-0.3, -0.25) is 9.10 Å². The lowest BCUT2D eigenvalue weighted by Gasteiger charge is -2.24. The number of carbonyl (C=O) groups is 1. The highest BCUT2D eigenvalue weighted by Crippen LogP contribution is 2.28. The summed E-state index contributed by atoms with van der Waals surface area (Å²) in [6.07, 6.45) is 3.28. The molecule has 1 amide bonds. The van der Waals surface area contributed by atoms with E-state index in [1.165, 1.54) is 4.31 Å². The van der Waals surface area contributed by atoms with Gasteiger partial charge in [0.15, 0.2) is 0 Å². The molecule has 1 aliphatic carbocycles. The Bertz CT molecular complexity index is 642. The number of nitrogens with one attached hydrogen (secondary N) is 1. The molecule has 7 heteroatoms. The molecule has 1 saturated carbocycles. The number of halogens is 1. The normalized spacial score (nSPS) is 14.8. The van der Waals surface area contributed by atoms with Crippen molar-refractivity contribution in [2.45, 2.75) is 32.2 Å². The topological polar surface area (TPSA) is 66.5 Å². The van der Waals surface area contributed by atoms with Crippen molar-refractivity contribution in [2.24, 2.45) is 0 Å². The Balaban J connectivity index is 2.14. The summed E-state index contributed by atoms with van der Waals surface area (Å²) in [4.78, 5) is 11.7. The Morgan fingerprint density at radius 1 is 1.43 bits per heavy atom. The van der Waals surface area contributed by atoms with E-state index in [4.69, 9.17) is 11.6 Å². The highest BCUT2D eigenvalue weighted by atomic mass is 35.5. The van der Waals surface area contributed by atoms with Gasteiger partial charge in [-0.2, -0.15) is 0 Å². The minimum absolute atomic E-state index is 0.110. The van der Waals surface area contributed by atoms with E-state index in [2.05, 4.69) is 5.32 Å². The van der Waals surface area contributed by atoms with Crippen molar-refractivity contribution in [1.29, 1.82) is 0 Å². The predicted octanol–water partition coefficient (Wildman–Crippen LogP) is 2.08. The van der Waals surface area contributed by atoms with Crippen molar-refractivity contribution in [3.8, 4) is 0 Å². The van der Waals surface area contributed by atoms with Crippen LogP contribution < -0.4 is 9.62 Å². The van der Waals surface area contributed by atoms with E-state index in [9.17, 15) is 13.2 Å². The fraction of sp³-hybridized carbons (Fsp3) is 0.500. The molecular formula is C14H19ClN2O3S. The van der Waals surface area contributed by atoms with Crippen LogP contribution >= 0.6 is 11.6 Å². The van der Waals surface area contributed by atoms with Crippen molar-refractivity contribution in [3.63, 3.8) is 0 Å². The molecular weight excluding hydrogens is 312 g/mol. The van der Waals surface area contributed by atoms with E-state index in [1.807, 2.05) is 0 Å². The first kappa shape index (κ1) is 16.1. The largest absolute Gasteiger partial charge is 0.353 e. The van der Waals surface area contributed by atoms with Crippen LogP contribution in [0.4, 0.5) is 5.69 Å². The van der Waals surface area contributed by atoms with Crippen LogP contribution in [-0.4, -0.2) is 33.2 Å². The second kappa shape index (κ2) is 6.23. The van der Waals surface area contributed by atoms with E-state index in [0.29, 0.717) is 16.3 Å². The second-order valence-corrected chi connectivity index (χ2v) is 7.62. The zero-order valence-corrected chi connectivity index (χ0v) is 13.7. The molecule has 1 aromatic carbocycles. The van der Waals surface area contributed by atoms with Crippen LogP contribution in [-0.2, 0) is 14.8 Å².